The van der Waals surface area contributed by atoms with Crippen LogP contribution in [0.1, 0.15) is 26.2 Å². The minimum atomic E-state index is -0.105. The molecule has 6 heteroatoms. The van der Waals surface area contributed by atoms with E-state index in [0.29, 0.717) is 6.42 Å². The minimum Gasteiger partial charge on any atom is -0.340 e. The number of nitrogens with zero attached hydrogens (tertiary/aromatic N) is 2. The van der Waals surface area contributed by atoms with Crippen LogP contribution in [-0.2, 0) is 9.59 Å². The molecule has 1 aliphatic heterocycles. The number of piperazine rings is 1. The molecule has 0 bridgehead atoms. The number of nitrogens with one attached hydrogen (secondary N) is 1. The first kappa shape index (κ1) is 13.9. The highest BCUT2D eigenvalue weighted by Crippen LogP contribution is 2.04. The summed E-state index contributed by atoms with van der Waals surface area (Å²) in [5.41, 5.74) is 2.12. The molecule has 0 aromatic rings. The number of nitrogens with two attached hydrogens (primary N) is 1. The van der Waals surface area contributed by atoms with Gasteiger partial charge in [-0.05, 0) is 19.4 Å². The van der Waals surface area contributed by atoms with Crippen LogP contribution in [0, 0.1) is 0 Å². The van der Waals surface area contributed by atoms with Gasteiger partial charge in [-0.1, -0.05) is 0 Å². The molecule has 0 unspecified atom stereocenters. The monoisotopic (exact) mass is 242 g/mol. The summed E-state index contributed by atoms with van der Waals surface area (Å²) in [6, 6.07) is 0. The van der Waals surface area contributed by atoms with Crippen LogP contribution in [0.2, 0.25) is 0 Å². The first-order valence-corrected chi connectivity index (χ1v) is 6.11. The van der Waals surface area contributed by atoms with E-state index < -0.39 is 0 Å². The van der Waals surface area contributed by atoms with E-state index in [4.69, 9.17) is 5.84 Å². The van der Waals surface area contributed by atoms with Crippen molar-refractivity contribution in [2.75, 3.05) is 32.7 Å². The topological polar surface area (TPSA) is 78.7 Å². The first-order valence-electron chi connectivity index (χ1n) is 6.11. The summed E-state index contributed by atoms with van der Waals surface area (Å²) in [6.45, 7) is 6.10. The third kappa shape index (κ3) is 5.14. The van der Waals surface area contributed by atoms with E-state index >= 15 is 0 Å². The third-order valence-corrected chi connectivity index (χ3v) is 3.11. The fourth-order valence-corrected chi connectivity index (χ4v) is 1.98. The Hall–Kier alpha value is -1.14. The van der Waals surface area contributed by atoms with Gasteiger partial charge in [0.1, 0.15) is 0 Å². The SMILES string of the molecule is CC(=O)N1CCN(CCCCC(=O)NN)CC1. The number of hydrogen-bond donors (Lipinski definition) is 2. The second-order valence-electron chi connectivity index (χ2n) is 4.37. The summed E-state index contributed by atoms with van der Waals surface area (Å²) >= 11 is 0. The van der Waals surface area contributed by atoms with Crippen LogP contribution in [0.15, 0.2) is 0 Å². The van der Waals surface area contributed by atoms with Crippen molar-refractivity contribution in [1.82, 2.24) is 15.2 Å². The molecule has 0 radical (unpaired) electrons. The molecular weight excluding hydrogens is 220 g/mol. The Morgan fingerprint density at radius 1 is 1.18 bits per heavy atom. The van der Waals surface area contributed by atoms with Crippen molar-refractivity contribution < 1.29 is 9.59 Å². The molecule has 0 spiro atoms. The standard InChI is InChI=1S/C11H22N4O2/c1-10(16)15-8-6-14(7-9-15)5-3-2-4-11(17)13-12/h2-9,12H2,1H3,(H,13,17). The highest BCUT2D eigenvalue weighted by atomic mass is 16.2. The largest absolute Gasteiger partial charge is 0.340 e. The van der Waals surface area contributed by atoms with Gasteiger partial charge in [0, 0.05) is 39.5 Å². The van der Waals surface area contributed by atoms with Crippen LogP contribution in [0.3, 0.4) is 0 Å². The normalized spacial score (nSPS) is 16.9. The molecule has 1 aliphatic rings. The summed E-state index contributed by atoms with van der Waals surface area (Å²) in [5.74, 6) is 5.04. The van der Waals surface area contributed by atoms with Gasteiger partial charge in [0.25, 0.3) is 0 Å². The predicted molar refractivity (Wildman–Crippen MR) is 64.9 cm³/mol. The number of hydrazine groups is 1. The van der Waals surface area contributed by atoms with Crippen LogP contribution >= 0.6 is 0 Å². The number of unbranched alkanes of at least 4 members (excludes halogenated alkanes) is 1. The summed E-state index contributed by atoms with van der Waals surface area (Å²) in [5, 5.41) is 0. The maximum atomic E-state index is 11.1. The fraction of sp³-hybridized carbons (Fsp3) is 0.818. The number of hydrogen-bond acceptors (Lipinski definition) is 4. The Labute approximate surface area is 102 Å². The third-order valence-electron chi connectivity index (χ3n) is 3.11. The lowest BCUT2D eigenvalue weighted by Crippen LogP contribution is -2.48. The van der Waals surface area contributed by atoms with Gasteiger partial charge in [-0.15, -0.1) is 0 Å². The van der Waals surface area contributed by atoms with Crippen LogP contribution < -0.4 is 11.3 Å². The van der Waals surface area contributed by atoms with E-state index in [1.165, 1.54) is 0 Å². The second-order valence-corrected chi connectivity index (χ2v) is 4.37. The Bertz CT molecular complexity index is 262. The Balaban J connectivity index is 2.06. The van der Waals surface area contributed by atoms with Gasteiger partial charge >= 0.3 is 0 Å². The maximum absolute atomic E-state index is 11.1. The highest BCUT2D eigenvalue weighted by Gasteiger charge is 2.17. The second kappa shape index (κ2) is 7.24. The van der Waals surface area contributed by atoms with E-state index in [9.17, 15) is 9.59 Å². The van der Waals surface area contributed by atoms with E-state index in [2.05, 4.69) is 10.3 Å². The van der Waals surface area contributed by atoms with Gasteiger partial charge in [-0.3, -0.25) is 19.9 Å². The first-order chi connectivity index (χ1) is 8.13. The fourth-order valence-electron chi connectivity index (χ4n) is 1.98. The average molecular weight is 242 g/mol. The van der Waals surface area contributed by atoms with Crippen LogP contribution in [0.5, 0.6) is 0 Å². The lowest BCUT2D eigenvalue weighted by atomic mass is 10.2. The van der Waals surface area contributed by atoms with Gasteiger partial charge in [0.05, 0.1) is 0 Å². The zero-order chi connectivity index (χ0) is 12.7. The number of carbonyl (C=O) groups is 2. The maximum Gasteiger partial charge on any atom is 0.233 e. The van der Waals surface area contributed by atoms with Crippen molar-refractivity contribution in [3.05, 3.63) is 0 Å². The van der Waals surface area contributed by atoms with Gasteiger partial charge in [0.15, 0.2) is 0 Å². The molecule has 0 atom stereocenters. The molecule has 3 N–H and O–H groups in total. The average Bonchev–Trinajstić information content (AvgIpc) is 2.34. The molecule has 17 heavy (non-hydrogen) atoms. The van der Waals surface area contributed by atoms with Crippen molar-refractivity contribution in [1.29, 1.82) is 0 Å². The van der Waals surface area contributed by atoms with E-state index in [1.807, 2.05) is 4.90 Å². The molecule has 2 amide bonds. The van der Waals surface area contributed by atoms with Crippen LogP contribution in [-0.4, -0.2) is 54.3 Å². The lowest BCUT2D eigenvalue weighted by Gasteiger charge is -2.34. The van der Waals surface area contributed by atoms with Gasteiger partial charge in [0.2, 0.25) is 11.8 Å². The summed E-state index contributed by atoms with van der Waals surface area (Å²) in [7, 11) is 0. The van der Waals surface area contributed by atoms with E-state index in [1.54, 1.807) is 6.92 Å². The summed E-state index contributed by atoms with van der Waals surface area (Å²) in [4.78, 5) is 26.2. The van der Waals surface area contributed by atoms with Gasteiger partial charge < -0.3 is 4.90 Å². The number of carbonyl (C=O) groups excluding carboxylic acids is 2. The lowest BCUT2D eigenvalue weighted by molar-refractivity contribution is -0.130. The van der Waals surface area contributed by atoms with Crippen LogP contribution in [0.25, 0.3) is 0 Å². The van der Waals surface area contributed by atoms with Crippen molar-refractivity contribution in [2.24, 2.45) is 5.84 Å². The van der Waals surface area contributed by atoms with Gasteiger partial charge in [-0.2, -0.15) is 0 Å². The molecule has 6 nitrogen and oxygen atoms in total. The van der Waals surface area contributed by atoms with E-state index in [-0.39, 0.29) is 11.8 Å². The molecule has 0 aromatic heterocycles. The molecule has 1 saturated heterocycles. The molecule has 1 fully saturated rings. The minimum absolute atomic E-state index is 0.105. The Morgan fingerprint density at radius 3 is 2.35 bits per heavy atom. The molecule has 0 aliphatic carbocycles. The summed E-state index contributed by atoms with van der Waals surface area (Å²) < 4.78 is 0. The zero-order valence-corrected chi connectivity index (χ0v) is 10.4. The Morgan fingerprint density at radius 2 is 1.82 bits per heavy atom. The van der Waals surface area contributed by atoms with Gasteiger partial charge in [-0.25, -0.2) is 5.84 Å². The molecule has 0 saturated carbocycles. The van der Waals surface area contributed by atoms with E-state index in [0.717, 1.165) is 45.6 Å². The zero-order valence-electron chi connectivity index (χ0n) is 10.4. The predicted octanol–water partition coefficient (Wildman–Crippen LogP) is -0.689. The Kier molecular flexibility index (Phi) is 5.93. The molecule has 1 heterocycles. The molecule has 0 aromatic carbocycles. The summed E-state index contributed by atoms with van der Waals surface area (Å²) in [6.07, 6.45) is 2.34. The number of rotatable bonds is 5. The van der Waals surface area contributed by atoms with Crippen molar-refractivity contribution >= 4 is 11.8 Å². The molecule has 98 valence electrons. The highest BCUT2D eigenvalue weighted by molar-refractivity contribution is 5.75. The molecule has 1 rings (SSSR count). The van der Waals surface area contributed by atoms with Crippen LogP contribution in [0.4, 0.5) is 0 Å². The van der Waals surface area contributed by atoms with Crippen molar-refractivity contribution in [3.63, 3.8) is 0 Å². The quantitative estimate of drug-likeness (QED) is 0.289. The smallest absolute Gasteiger partial charge is 0.233 e. The molecular formula is C11H22N4O2. The van der Waals surface area contributed by atoms with Crippen molar-refractivity contribution in [3.8, 4) is 0 Å². The van der Waals surface area contributed by atoms with Crippen molar-refractivity contribution in [2.45, 2.75) is 26.2 Å². The number of amides is 2.